The van der Waals surface area contributed by atoms with Crippen LogP contribution in [0.5, 0.6) is 0 Å². The van der Waals surface area contributed by atoms with Gasteiger partial charge in [-0.15, -0.1) is 0 Å². The van der Waals surface area contributed by atoms with Gasteiger partial charge in [-0.3, -0.25) is 4.79 Å². The molecule has 0 N–H and O–H groups in total. The van der Waals surface area contributed by atoms with Crippen molar-refractivity contribution >= 4 is 27.5 Å². The van der Waals surface area contributed by atoms with Crippen molar-refractivity contribution in [2.75, 3.05) is 18.9 Å². The third kappa shape index (κ3) is 4.87. The molecule has 1 amide bonds. The first-order valence-corrected chi connectivity index (χ1v) is 9.74. The lowest BCUT2D eigenvalue weighted by Crippen LogP contribution is -2.50. The van der Waals surface area contributed by atoms with Gasteiger partial charge in [0, 0.05) is 24.0 Å². The number of carbonyl (C=O) groups excluding carboxylic acids is 1. The van der Waals surface area contributed by atoms with Crippen LogP contribution in [0.4, 0.5) is 0 Å². The lowest BCUT2D eigenvalue weighted by molar-refractivity contribution is -0.143. The number of nitrogens with zero attached hydrogens (tertiary/aromatic N) is 1. The van der Waals surface area contributed by atoms with E-state index in [0.29, 0.717) is 18.9 Å². The van der Waals surface area contributed by atoms with E-state index < -0.39 is 0 Å². The molecule has 0 radical (unpaired) electrons. The van der Waals surface area contributed by atoms with E-state index >= 15 is 0 Å². The maximum absolute atomic E-state index is 12.2. The van der Waals surface area contributed by atoms with Crippen LogP contribution in [-0.4, -0.2) is 47.1 Å². The maximum Gasteiger partial charge on any atom is 0.222 e. The summed E-state index contributed by atoms with van der Waals surface area (Å²) in [6.07, 6.45) is 5.76. The van der Waals surface area contributed by atoms with Gasteiger partial charge in [-0.2, -0.15) is 0 Å². The van der Waals surface area contributed by atoms with Crippen molar-refractivity contribution in [2.45, 2.75) is 63.3 Å². The van der Waals surface area contributed by atoms with E-state index in [4.69, 9.17) is 4.74 Å². The summed E-state index contributed by atoms with van der Waals surface area (Å²) in [5.74, 6) is 1.62. The Bertz CT molecular complexity index is 295. The monoisotopic (exact) mass is 303 g/mol. The Balaban J connectivity index is 1.62. The van der Waals surface area contributed by atoms with E-state index in [-0.39, 0.29) is 12.1 Å². The third-order valence-corrected chi connectivity index (χ3v) is 6.83. The SMILES string of the molecule is CC1CN(C(=O)CCCCC2CCSS2)C(C)CO1. The van der Waals surface area contributed by atoms with Gasteiger partial charge in [-0.1, -0.05) is 28.0 Å². The molecule has 0 spiro atoms. The van der Waals surface area contributed by atoms with Crippen molar-refractivity contribution in [1.82, 2.24) is 4.90 Å². The zero-order valence-corrected chi connectivity index (χ0v) is 13.6. The number of hydrogen-bond donors (Lipinski definition) is 0. The number of morpholine rings is 1. The van der Waals surface area contributed by atoms with E-state index in [0.717, 1.165) is 18.2 Å². The van der Waals surface area contributed by atoms with E-state index in [2.05, 4.69) is 6.92 Å². The van der Waals surface area contributed by atoms with Gasteiger partial charge in [0.2, 0.25) is 5.91 Å². The fraction of sp³-hybridized carbons (Fsp3) is 0.929. The Morgan fingerprint density at radius 2 is 2.21 bits per heavy atom. The standard InChI is InChI=1S/C14H25NO2S2/c1-11-10-17-12(2)9-15(11)14(16)6-4-3-5-13-7-8-18-19-13/h11-13H,3-10H2,1-2H3. The Morgan fingerprint density at radius 1 is 1.37 bits per heavy atom. The Labute approximate surface area is 124 Å². The molecule has 2 aliphatic heterocycles. The minimum absolute atomic E-state index is 0.187. The molecule has 0 bridgehead atoms. The second kappa shape index (κ2) is 7.79. The first-order valence-electron chi connectivity index (χ1n) is 7.36. The average Bonchev–Trinajstić information content (AvgIpc) is 2.90. The summed E-state index contributed by atoms with van der Waals surface area (Å²) in [5, 5.41) is 0.836. The van der Waals surface area contributed by atoms with Crippen LogP contribution in [0, 0.1) is 0 Å². The molecule has 3 nitrogen and oxygen atoms in total. The smallest absolute Gasteiger partial charge is 0.222 e. The predicted molar refractivity (Wildman–Crippen MR) is 83.5 cm³/mol. The molecule has 2 saturated heterocycles. The van der Waals surface area contributed by atoms with E-state index in [1.807, 2.05) is 33.4 Å². The van der Waals surface area contributed by atoms with Crippen molar-refractivity contribution in [3.63, 3.8) is 0 Å². The highest BCUT2D eigenvalue weighted by atomic mass is 33.1. The second-order valence-corrected chi connectivity index (χ2v) is 8.40. The molecule has 2 aliphatic rings. The van der Waals surface area contributed by atoms with Crippen molar-refractivity contribution < 1.29 is 9.53 Å². The van der Waals surface area contributed by atoms with Crippen molar-refractivity contribution in [3.05, 3.63) is 0 Å². The van der Waals surface area contributed by atoms with E-state index in [1.54, 1.807) is 0 Å². The number of rotatable bonds is 5. The normalized spacial score (nSPS) is 31.7. The predicted octanol–water partition coefficient (Wildman–Crippen LogP) is 3.34. The van der Waals surface area contributed by atoms with Crippen LogP contribution in [0.3, 0.4) is 0 Å². The summed E-state index contributed by atoms with van der Waals surface area (Å²) in [7, 11) is 4.03. The Hall–Kier alpha value is 0.130. The van der Waals surface area contributed by atoms with Crippen LogP contribution in [0.1, 0.15) is 46.0 Å². The van der Waals surface area contributed by atoms with Gasteiger partial charge in [0.15, 0.2) is 0 Å². The fourth-order valence-electron chi connectivity index (χ4n) is 2.61. The molecule has 3 atom stereocenters. The summed E-state index contributed by atoms with van der Waals surface area (Å²) < 4.78 is 5.56. The van der Waals surface area contributed by atoms with Gasteiger partial charge in [-0.25, -0.2) is 0 Å². The summed E-state index contributed by atoms with van der Waals surface area (Å²) in [6.45, 7) is 5.56. The van der Waals surface area contributed by atoms with Crippen molar-refractivity contribution in [3.8, 4) is 0 Å². The Kier molecular flexibility index (Phi) is 6.36. The van der Waals surface area contributed by atoms with Crippen molar-refractivity contribution in [1.29, 1.82) is 0 Å². The molecule has 2 fully saturated rings. The van der Waals surface area contributed by atoms with Crippen LogP contribution in [0.15, 0.2) is 0 Å². The van der Waals surface area contributed by atoms with Gasteiger partial charge in [0.05, 0.1) is 18.8 Å². The van der Waals surface area contributed by atoms with Crippen LogP contribution in [0.25, 0.3) is 0 Å². The first kappa shape index (κ1) is 15.5. The van der Waals surface area contributed by atoms with Crippen LogP contribution >= 0.6 is 21.6 Å². The summed E-state index contributed by atoms with van der Waals surface area (Å²) in [6, 6.07) is 0.241. The van der Waals surface area contributed by atoms with Gasteiger partial charge < -0.3 is 9.64 Å². The largest absolute Gasteiger partial charge is 0.375 e. The molecule has 2 heterocycles. The third-order valence-electron chi connectivity index (χ3n) is 3.82. The zero-order valence-electron chi connectivity index (χ0n) is 12.0. The molecular weight excluding hydrogens is 278 g/mol. The highest BCUT2D eigenvalue weighted by molar-refractivity contribution is 8.77. The molecule has 0 aromatic rings. The molecule has 0 aromatic carbocycles. The lowest BCUT2D eigenvalue weighted by atomic mass is 10.1. The molecule has 2 rings (SSSR count). The minimum atomic E-state index is 0.187. The molecule has 3 unspecified atom stereocenters. The van der Waals surface area contributed by atoms with E-state index in [1.165, 1.54) is 25.0 Å². The lowest BCUT2D eigenvalue weighted by Gasteiger charge is -2.37. The topological polar surface area (TPSA) is 29.5 Å². The molecule has 110 valence electrons. The Morgan fingerprint density at radius 3 is 2.95 bits per heavy atom. The number of hydrogen-bond acceptors (Lipinski definition) is 4. The van der Waals surface area contributed by atoms with Crippen LogP contribution in [0.2, 0.25) is 0 Å². The molecule has 0 aromatic heterocycles. The van der Waals surface area contributed by atoms with Gasteiger partial charge in [0.25, 0.3) is 0 Å². The second-order valence-electron chi connectivity index (χ2n) is 5.61. The quantitative estimate of drug-likeness (QED) is 0.575. The number of ether oxygens (including phenoxy) is 1. The molecular formula is C14H25NO2S2. The van der Waals surface area contributed by atoms with Gasteiger partial charge in [0.1, 0.15) is 0 Å². The highest BCUT2D eigenvalue weighted by Gasteiger charge is 2.27. The number of carbonyl (C=O) groups is 1. The first-order chi connectivity index (χ1) is 9.16. The van der Waals surface area contributed by atoms with Crippen LogP contribution < -0.4 is 0 Å². The molecule has 5 heteroatoms. The average molecular weight is 303 g/mol. The van der Waals surface area contributed by atoms with Crippen molar-refractivity contribution in [2.24, 2.45) is 0 Å². The minimum Gasteiger partial charge on any atom is -0.375 e. The summed E-state index contributed by atoms with van der Waals surface area (Å²) in [4.78, 5) is 14.2. The molecule has 0 aliphatic carbocycles. The number of unbranched alkanes of at least 4 members (excludes halogenated alkanes) is 1. The van der Waals surface area contributed by atoms with Gasteiger partial charge >= 0.3 is 0 Å². The molecule has 0 saturated carbocycles. The van der Waals surface area contributed by atoms with Crippen LogP contribution in [-0.2, 0) is 9.53 Å². The van der Waals surface area contributed by atoms with Gasteiger partial charge in [-0.05, 0) is 33.1 Å². The molecule has 19 heavy (non-hydrogen) atoms. The van der Waals surface area contributed by atoms with E-state index in [9.17, 15) is 4.79 Å². The maximum atomic E-state index is 12.2. The highest BCUT2D eigenvalue weighted by Crippen LogP contribution is 2.39. The number of amides is 1. The zero-order chi connectivity index (χ0) is 13.7. The summed E-state index contributed by atoms with van der Waals surface area (Å²) in [5.41, 5.74) is 0. The summed E-state index contributed by atoms with van der Waals surface area (Å²) >= 11 is 0. The fourth-order valence-corrected chi connectivity index (χ4v) is 5.63.